The summed E-state index contributed by atoms with van der Waals surface area (Å²) in [6.45, 7) is 1.45. The fraction of sp³-hybridized carbons (Fsp3) is 0.158. The summed E-state index contributed by atoms with van der Waals surface area (Å²) in [7, 11) is 0. The third-order valence-electron chi connectivity index (χ3n) is 3.66. The number of rotatable bonds is 2. The van der Waals surface area contributed by atoms with Crippen molar-refractivity contribution < 1.29 is 5.11 Å². The van der Waals surface area contributed by atoms with Gasteiger partial charge in [0.15, 0.2) is 0 Å². The Morgan fingerprint density at radius 1 is 0.762 bits per heavy atom. The van der Waals surface area contributed by atoms with Crippen molar-refractivity contribution in [3.05, 3.63) is 82.9 Å². The fourth-order valence-corrected chi connectivity index (χ4v) is 2.57. The summed E-state index contributed by atoms with van der Waals surface area (Å²) < 4.78 is 0. The van der Waals surface area contributed by atoms with E-state index in [1.54, 1.807) is 0 Å². The topological polar surface area (TPSA) is 32.3 Å². The Labute approximate surface area is 125 Å². The molecule has 0 amide bonds. The van der Waals surface area contributed by atoms with E-state index in [2.05, 4.69) is 41.7 Å². The Bertz CT molecular complexity index is 586. The van der Waals surface area contributed by atoms with Crippen molar-refractivity contribution in [2.45, 2.75) is 6.10 Å². The minimum atomic E-state index is -0.508. The van der Waals surface area contributed by atoms with E-state index in [4.69, 9.17) is 0 Å². The zero-order chi connectivity index (χ0) is 14.5. The molecule has 1 aliphatic rings. The van der Waals surface area contributed by atoms with E-state index >= 15 is 0 Å². The molecule has 1 aliphatic heterocycles. The highest BCUT2D eigenvalue weighted by atomic mass is 16.3. The second-order valence-electron chi connectivity index (χ2n) is 5.27. The Kier molecular flexibility index (Phi) is 4.29. The maximum absolute atomic E-state index is 10.6. The molecule has 2 heteroatoms. The molecule has 0 saturated carbocycles. The number of hydrogen-bond donors (Lipinski definition) is 2. The first-order valence-electron chi connectivity index (χ1n) is 7.23. The summed E-state index contributed by atoms with van der Waals surface area (Å²) in [6, 6.07) is 20.2. The summed E-state index contributed by atoms with van der Waals surface area (Å²) >= 11 is 0. The lowest BCUT2D eigenvalue weighted by Gasteiger charge is -2.25. The molecule has 1 saturated heterocycles. The average molecular weight is 277 g/mol. The van der Waals surface area contributed by atoms with Crippen LogP contribution in [-0.2, 0) is 0 Å². The molecule has 0 spiro atoms. The molecule has 1 heterocycles. The molecular weight excluding hydrogens is 258 g/mol. The third kappa shape index (κ3) is 3.48. The number of aliphatic hydroxyl groups excluding tert-OH is 1. The molecule has 1 fully saturated rings. The van der Waals surface area contributed by atoms with Gasteiger partial charge in [-0.1, -0.05) is 72.8 Å². The molecule has 2 aromatic rings. The number of hydrogen-bond acceptors (Lipinski definition) is 2. The SMILES string of the molecule is OC1/C(=C\c2ccccc2)CNC/C1=C\c1ccccc1. The van der Waals surface area contributed by atoms with E-state index in [9.17, 15) is 5.11 Å². The van der Waals surface area contributed by atoms with Gasteiger partial charge in [0.25, 0.3) is 0 Å². The van der Waals surface area contributed by atoms with E-state index in [-0.39, 0.29) is 0 Å². The van der Waals surface area contributed by atoms with Crippen LogP contribution < -0.4 is 5.32 Å². The minimum absolute atomic E-state index is 0.508. The van der Waals surface area contributed by atoms with Crippen molar-refractivity contribution in [3.63, 3.8) is 0 Å². The molecule has 3 rings (SSSR count). The van der Waals surface area contributed by atoms with Gasteiger partial charge in [0.1, 0.15) is 0 Å². The van der Waals surface area contributed by atoms with E-state index in [1.807, 2.05) is 36.4 Å². The number of nitrogens with one attached hydrogen (secondary N) is 1. The van der Waals surface area contributed by atoms with Crippen LogP contribution in [0.1, 0.15) is 11.1 Å². The second-order valence-corrected chi connectivity index (χ2v) is 5.27. The van der Waals surface area contributed by atoms with Crippen LogP contribution in [0.3, 0.4) is 0 Å². The van der Waals surface area contributed by atoms with Gasteiger partial charge in [-0.05, 0) is 22.3 Å². The van der Waals surface area contributed by atoms with E-state index in [0.29, 0.717) is 0 Å². The van der Waals surface area contributed by atoms with Gasteiger partial charge in [0, 0.05) is 13.1 Å². The number of piperidine rings is 1. The summed E-state index contributed by atoms with van der Waals surface area (Å²) in [5, 5.41) is 13.9. The van der Waals surface area contributed by atoms with Gasteiger partial charge in [-0.3, -0.25) is 0 Å². The molecular formula is C19H19NO. The van der Waals surface area contributed by atoms with Crippen LogP contribution in [0.15, 0.2) is 71.8 Å². The molecule has 1 unspecified atom stereocenters. The zero-order valence-electron chi connectivity index (χ0n) is 11.9. The predicted molar refractivity (Wildman–Crippen MR) is 87.7 cm³/mol. The van der Waals surface area contributed by atoms with Crippen molar-refractivity contribution in [2.24, 2.45) is 0 Å². The van der Waals surface area contributed by atoms with Crippen LogP contribution in [0.5, 0.6) is 0 Å². The van der Waals surface area contributed by atoms with E-state index < -0.39 is 6.10 Å². The highest BCUT2D eigenvalue weighted by molar-refractivity contribution is 5.61. The van der Waals surface area contributed by atoms with Crippen LogP contribution in [0, 0.1) is 0 Å². The Balaban J connectivity index is 1.86. The number of aliphatic hydroxyl groups is 1. The first-order chi connectivity index (χ1) is 10.3. The van der Waals surface area contributed by atoms with Gasteiger partial charge in [-0.25, -0.2) is 0 Å². The maximum atomic E-state index is 10.6. The van der Waals surface area contributed by atoms with Crippen molar-refractivity contribution in [2.75, 3.05) is 13.1 Å². The van der Waals surface area contributed by atoms with Crippen LogP contribution in [0.4, 0.5) is 0 Å². The molecule has 0 radical (unpaired) electrons. The average Bonchev–Trinajstić information content (AvgIpc) is 2.53. The first-order valence-corrected chi connectivity index (χ1v) is 7.23. The second kappa shape index (κ2) is 6.53. The van der Waals surface area contributed by atoms with Gasteiger partial charge in [-0.15, -0.1) is 0 Å². The summed E-state index contributed by atoms with van der Waals surface area (Å²) in [4.78, 5) is 0. The highest BCUT2D eigenvalue weighted by Gasteiger charge is 2.20. The molecule has 21 heavy (non-hydrogen) atoms. The number of benzene rings is 2. The first kappa shape index (κ1) is 13.8. The van der Waals surface area contributed by atoms with Gasteiger partial charge in [-0.2, -0.15) is 0 Å². The summed E-state index contributed by atoms with van der Waals surface area (Å²) in [5.74, 6) is 0. The molecule has 106 valence electrons. The van der Waals surface area contributed by atoms with Gasteiger partial charge >= 0.3 is 0 Å². The van der Waals surface area contributed by atoms with Gasteiger partial charge < -0.3 is 10.4 Å². The third-order valence-corrected chi connectivity index (χ3v) is 3.66. The van der Waals surface area contributed by atoms with Crippen molar-refractivity contribution in [1.29, 1.82) is 0 Å². The van der Waals surface area contributed by atoms with Crippen molar-refractivity contribution in [1.82, 2.24) is 5.32 Å². The molecule has 2 nitrogen and oxygen atoms in total. The largest absolute Gasteiger partial charge is 0.384 e. The molecule has 0 aliphatic carbocycles. The molecule has 2 N–H and O–H groups in total. The van der Waals surface area contributed by atoms with Crippen molar-refractivity contribution in [3.8, 4) is 0 Å². The molecule has 0 bridgehead atoms. The van der Waals surface area contributed by atoms with Crippen LogP contribution in [0.2, 0.25) is 0 Å². The normalized spacial score (nSPS) is 22.6. The van der Waals surface area contributed by atoms with Crippen molar-refractivity contribution >= 4 is 12.2 Å². The minimum Gasteiger partial charge on any atom is -0.384 e. The quantitative estimate of drug-likeness (QED) is 0.884. The molecule has 2 aromatic carbocycles. The van der Waals surface area contributed by atoms with Crippen LogP contribution in [-0.4, -0.2) is 24.3 Å². The summed E-state index contributed by atoms with van der Waals surface area (Å²) in [6.07, 6.45) is 3.62. The molecule has 0 aromatic heterocycles. The predicted octanol–water partition coefficient (Wildman–Crippen LogP) is 3.12. The van der Waals surface area contributed by atoms with E-state index in [1.165, 1.54) is 0 Å². The Morgan fingerprint density at radius 3 is 1.62 bits per heavy atom. The van der Waals surface area contributed by atoms with E-state index in [0.717, 1.165) is 35.4 Å². The van der Waals surface area contributed by atoms with Gasteiger partial charge in [0.05, 0.1) is 6.10 Å². The van der Waals surface area contributed by atoms with Gasteiger partial charge in [0.2, 0.25) is 0 Å². The Hall–Kier alpha value is -2.16. The Morgan fingerprint density at radius 2 is 1.19 bits per heavy atom. The monoisotopic (exact) mass is 277 g/mol. The maximum Gasteiger partial charge on any atom is 0.0992 e. The fourth-order valence-electron chi connectivity index (χ4n) is 2.57. The standard InChI is InChI=1S/C19H19NO/c21-19-17(11-15-7-3-1-4-8-15)13-20-14-18(19)12-16-9-5-2-6-10-16/h1-12,19-21H,13-14H2/b17-11-,18-12+. The zero-order valence-corrected chi connectivity index (χ0v) is 11.9. The molecule has 1 atom stereocenters. The highest BCUT2D eigenvalue weighted by Crippen LogP contribution is 2.21. The lowest BCUT2D eigenvalue weighted by Crippen LogP contribution is -2.35. The lowest BCUT2D eigenvalue weighted by atomic mass is 9.94. The summed E-state index contributed by atoms with van der Waals surface area (Å²) in [5.41, 5.74) is 4.26. The van der Waals surface area contributed by atoms with Crippen LogP contribution >= 0.6 is 0 Å². The lowest BCUT2D eigenvalue weighted by molar-refractivity contribution is 0.233. The van der Waals surface area contributed by atoms with Crippen LogP contribution in [0.25, 0.3) is 12.2 Å². The smallest absolute Gasteiger partial charge is 0.0992 e.